The van der Waals surface area contributed by atoms with E-state index in [4.69, 9.17) is 9.84 Å². The number of carboxylic acid groups (broad SMARTS) is 1. The number of hydrogen-bond donors (Lipinski definition) is 1. The zero-order valence-electron chi connectivity index (χ0n) is 12.3. The smallest absolute Gasteiger partial charge is 0.303 e. The molecule has 0 amide bonds. The molecule has 1 aromatic carbocycles. The Morgan fingerprint density at radius 3 is 2.16 bits per heavy atom. The highest BCUT2D eigenvalue weighted by Gasteiger charge is 1.97. The fraction of sp³-hybridized carbons (Fsp3) is 0.562. The Hall–Kier alpha value is -1.51. The van der Waals surface area contributed by atoms with Crippen molar-refractivity contribution in [2.24, 2.45) is 0 Å². The highest BCUT2D eigenvalue weighted by atomic mass is 16.5. The van der Waals surface area contributed by atoms with Gasteiger partial charge in [0.2, 0.25) is 0 Å². The molecular weight excluding hydrogens is 240 g/mol. The Labute approximate surface area is 116 Å². The van der Waals surface area contributed by atoms with Gasteiger partial charge in [0, 0.05) is 6.42 Å². The second kappa shape index (κ2) is 11.6. The highest BCUT2D eigenvalue weighted by molar-refractivity contribution is 5.66. The molecule has 0 saturated carbocycles. The minimum Gasteiger partial charge on any atom is -0.494 e. The van der Waals surface area contributed by atoms with Crippen LogP contribution in [0.1, 0.15) is 52.0 Å². The van der Waals surface area contributed by atoms with E-state index in [0.29, 0.717) is 13.0 Å². The number of benzene rings is 1. The van der Waals surface area contributed by atoms with Crippen LogP contribution in [0.3, 0.4) is 0 Å². The molecule has 0 fully saturated rings. The number of unbranched alkanes of at least 4 members (excludes halogenated alkanes) is 1. The first-order valence-electron chi connectivity index (χ1n) is 7.07. The third-order valence-electron chi connectivity index (χ3n) is 2.39. The summed E-state index contributed by atoms with van der Waals surface area (Å²) in [6.45, 7) is 6.94. The highest BCUT2D eigenvalue weighted by Crippen LogP contribution is 2.13. The maximum absolute atomic E-state index is 10.3. The average molecular weight is 266 g/mol. The van der Waals surface area contributed by atoms with Crippen molar-refractivity contribution in [1.29, 1.82) is 0 Å². The molecule has 108 valence electrons. The molecule has 0 aliphatic rings. The third kappa shape index (κ3) is 10.1. The number of carbonyl (C=O) groups is 1. The van der Waals surface area contributed by atoms with Crippen LogP contribution in [0.5, 0.6) is 5.75 Å². The largest absolute Gasteiger partial charge is 0.494 e. The molecule has 0 unspecified atom stereocenters. The quantitative estimate of drug-likeness (QED) is 0.748. The van der Waals surface area contributed by atoms with Gasteiger partial charge in [0.1, 0.15) is 5.75 Å². The molecule has 1 rings (SSSR count). The van der Waals surface area contributed by atoms with E-state index < -0.39 is 5.97 Å². The van der Waals surface area contributed by atoms with Crippen LogP contribution in [0.2, 0.25) is 0 Å². The number of ether oxygens (including phenoxy) is 1. The molecule has 3 heteroatoms. The summed E-state index contributed by atoms with van der Waals surface area (Å²) in [6.07, 6.45) is 3.95. The van der Waals surface area contributed by atoms with E-state index >= 15 is 0 Å². The van der Waals surface area contributed by atoms with E-state index in [1.54, 1.807) is 0 Å². The van der Waals surface area contributed by atoms with Crippen LogP contribution in [0.15, 0.2) is 24.3 Å². The maximum atomic E-state index is 10.3. The Kier molecular flexibility index (Phi) is 10.7. The maximum Gasteiger partial charge on any atom is 0.303 e. The van der Waals surface area contributed by atoms with Crippen molar-refractivity contribution in [2.45, 2.75) is 52.9 Å². The molecule has 0 saturated heterocycles. The van der Waals surface area contributed by atoms with Gasteiger partial charge in [0.05, 0.1) is 6.61 Å². The number of aryl methyl sites for hydroxylation is 1. The fourth-order valence-corrected chi connectivity index (χ4v) is 1.39. The molecule has 0 aromatic heterocycles. The summed E-state index contributed by atoms with van der Waals surface area (Å²) in [6, 6.07) is 8.01. The van der Waals surface area contributed by atoms with E-state index in [9.17, 15) is 4.79 Å². The van der Waals surface area contributed by atoms with Crippen molar-refractivity contribution < 1.29 is 14.6 Å². The van der Waals surface area contributed by atoms with Gasteiger partial charge in [-0.25, -0.2) is 0 Å². The van der Waals surface area contributed by atoms with Crippen LogP contribution >= 0.6 is 0 Å². The number of hydrogen-bond acceptors (Lipinski definition) is 2. The molecule has 1 N–H and O–H groups in total. The van der Waals surface area contributed by atoms with Gasteiger partial charge < -0.3 is 9.84 Å². The van der Waals surface area contributed by atoms with Crippen LogP contribution in [-0.2, 0) is 11.2 Å². The van der Waals surface area contributed by atoms with E-state index in [0.717, 1.165) is 18.6 Å². The van der Waals surface area contributed by atoms with Crippen molar-refractivity contribution in [3.05, 3.63) is 29.8 Å². The predicted molar refractivity (Wildman–Crippen MR) is 78.8 cm³/mol. The lowest BCUT2D eigenvalue weighted by Gasteiger charge is -2.06. The van der Waals surface area contributed by atoms with Gasteiger partial charge in [0.15, 0.2) is 0 Å². The lowest BCUT2D eigenvalue weighted by molar-refractivity contribution is -0.137. The molecule has 1 aromatic rings. The number of aliphatic carboxylic acids is 1. The lowest BCUT2D eigenvalue weighted by Crippen LogP contribution is -2.00. The van der Waals surface area contributed by atoms with Gasteiger partial charge in [-0.2, -0.15) is 0 Å². The Morgan fingerprint density at radius 1 is 1.11 bits per heavy atom. The van der Waals surface area contributed by atoms with Crippen LogP contribution in [0.25, 0.3) is 0 Å². The SMILES string of the molecule is CCC.CCc1ccc(OCCCCC(=O)O)cc1. The van der Waals surface area contributed by atoms with Crippen molar-refractivity contribution in [3.8, 4) is 5.75 Å². The summed E-state index contributed by atoms with van der Waals surface area (Å²) in [4.78, 5) is 10.3. The average Bonchev–Trinajstić information content (AvgIpc) is 2.39. The van der Waals surface area contributed by atoms with E-state index in [1.807, 2.05) is 24.3 Å². The standard InChI is InChI=1S/C13H18O3.C3H8/c1-2-11-6-8-12(9-7-11)16-10-4-3-5-13(14)15;1-3-2/h6-9H,2-5,10H2,1H3,(H,14,15);3H2,1-2H3. The van der Waals surface area contributed by atoms with Gasteiger partial charge in [-0.05, 0) is 37.0 Å². The molecule has 0 heterocycles. The molecule has 3 nitrogen and oxygen atoms in total. The molecular formula is C16H26O3. The topological polar surface area (TPSA) is 46.5 Å². The number of rotatable bonds is 7. The summed E-state index contributed by atoms with van der Waals surface area (Å²) in [5.41, 5.74) is 1.29. The zero-order valence-corrected chi connectivity index (χ0v) is 12.3. The van der Waals surface area contributed by atoms with E-state index in [1.165, 1.54) is 12.0 Å². The van der Waals surface area contributed by atoms with Crippen LogP contribution in [-0.4, -0.2) is 17.7 Å². The predicted octanol–water partition coefficient (Wildman–Crippen LogP) is 4.30. The summed E-state index contributed by atoms with van der Waals surface area (Å²) < 4.78 is 5.49. The Balaban J connectivity index is 0.000000982. The zero-order chi connectivity index (χ0) is 14.5. The lowest BCUT2D eigenvalue weighted by atomic mass is 10.2. The summed E-state index contributed by atoms with van der Waals surface area (Å²) in [5, 5.41) is 8.45. The second-order valence-electron chi connectivity index (χ2n) is 4.40. The van der Waals surface area contributed by atoms with Crippen molar-refractivity contribution in [2.75, 3.05) is 6.61 Å². The van der Waals surface area contributed by atoms with Crippen LogP contribution in [0, 0.1) is 0 Å². The van der Waals surface area contributed by atoms with E-state index in [-0.39, 0.29) is 6.42 Å². The molecule has 0 bridgehead atoms. The summed E-state index contributed by atoms with van der Waals surface area (Å²) in [7, 11) is 0. The molecule has 19 heavy (non-hydrogen) atoms. The second-order valence-corrected chi connectivity index (χ2v) is 4.40. The first-order valence-corrected chi connectivity index (χ1v) is 7.07. The normalized spacial score (nSPS) is 9.42. The van der Waals surface area contributed by atoms with Gasteiger partial charge >= 0.3 is 5.97 Å². The van der Waals surface area contributed by atoms with Gasteiger partial charge in [0.25, 0.3) is 0 Å². The Bertz CT molecular complexity index is 330. The molecule has 0 atom stereocenters. The van der Waals surface area contributed by atoms with Crippen molar-refractivity contribution >= 4 is 5.97 Å². The molecule has 0 spiro atoms. The van der Waals surface area contributed by atoms with E-state index in [2.05, 4.69) is 20.8 Å². The first kappa shape index (κ1) is 17.5. The molecule has 0 radical (unpaired) electrons. The Morgan fingerprint density at radius 2 is 1.68 bits per heavy atom. The minimum absolute atomic E-state index is 0.220. The van der Waals surface area contributed by atoms with Gasteiger partial charge in [-0.15, -0.1) is 0 Å². The van der Waals surface area contributed by atoms with Crippen LogP contribution < -0.4 is 4.74 Å². The summed E-state index contributed by atoms with van der Waals surface area (Å²) >= 11 is 0. The number of carboxylic acids is 1. The summed E-state index contributed by atoms with van der Waals surface area (Å²) in [5.74, 6) is 0.111. The molecule has 0 aliphatic heterocycles. The first-order chi connectivity index (χ1) is 9.13. The van der Waals surface area contributed by atoms with Crippen LogP contribution in [0.4, 0.5) is 0 Å². The minimum atomic E-state index is -0.743. The fourth-order valence-electron chi connectivity index (χ4n) is 1.39. The third-order valence-corrected chi connectivity index (χ3v) is 2.39. The van der Waals surface area contributed by atoms with Gasteiger partial charge in [-0.1, -0.05) is 39.3 Å². The van der Waals surface area contributed by atoms with Crippen molar-refractivity contribution in [1.82, 2.24) is 0 Å². The van der Waals surface area contributed by atoms with Gasteiger partial charge in [-0.3, -0.25) is 4.79 Å². The van der Waals surface area contributed by atoms with Crippen molar-refractivity contribution in [3.63, 3.8) is 0 Å². The monoisotopic (exact) mass is 266 g/mol. The molecule has 0 aliphatic carbocycles.